The Morgan fingerprint density at radius 3 is 2.33 bits per heavy atom. The first-order valence-electron chi connectivity index (χ1n) is 16.1. The minimum absolute atomic E-state index is 0.178. The van der Waals surface area contributed by atoms with Crippen molar-refractivity contribution < 1.29 is 9.53 Å². The smallest absolute Gasteiger partial charge is 0.330 e. The van der Waals surface area contributed by atoms with Gasteiger partial charge in [-0.1, -0.05) is 53.5 Å². The molecule has 0 atom stereocenters. The maximum absolute atomic E-state index is 13.0. The van der Waals surface area contributed by atoms with E-state index in [0.717, 1.165) is 72.1 Å². The van der Waals surface area contributed by atoms with E-state index in [0.29, 0.717) is 38.5 Å². The average Bonchev–Trinajstić information content (AvgIpc) is 3.74. The predicted octanol–water partition coefficient (Wildman–Crippen LogP) is 5.15. The van der Waals surface area contributed by atoms with Gasteiger partial charge in [-0.25, -0.2) is 14.8 Å². The van der Waals surface area contributed by atoms with E-state index in [2.05, 4.69) is 27.0 Å². The fraction of sp³-hybridized carbons (Fsp3) is 0.306. The Labute approximate surface area is 292 Å². The number of methoxy groups -OCH3 is 1. The molecule has 8 rings (SSSR count). The van der Waals surface area contributed by atoms with Gasteiger partial charge >= 0.3 is 5.69 Å². The van der Waals surface area contributed by atoms with E-state index in [1.807, 2.05) is 30.3 Å². The molecule has 2 aliphatic heterocycles. The van der Waals surface area contributed by atoms with Gasteiger partial charge in [-0.15, -0.1) is 0 Å². The zero-order valence-electron chi connectivity index (χ0n) is 27.3. The topological polar surface area (TPSA) is 132 Å². The number of aromatic nitrogens is 4. The second-order valence-corrected chi connectivity index (χ2v) is 13.4. The lowest BCUT2D eigenvalue weighted by Crippen LogP contribution is -2.65. The van der Waals surface area contributed by atoms with Crippen molar-refractivity contribution in [2.45, 2.75) is 37.6 Å². The summed E-state index contributed by atoms with van der Waals surface area (Å²) < 4.78 is 8.06. The first-order chi connectivity index (χ1) is 23.6. The molecular formula is C36H35Cl2N7O4. The molecule has 1 spiro atoms. The van der Waals surface area contributed by atoms with E-state index in [1.54, 1.807) is 32.5 Å². The minimum Gasteiger partial charge on any atom is -0.481 e. The summed E-state index contributed by atoms with van der Waals surface area (Å²) >= 11 is 14.0. The SMILES string of the molecule is COc1nc(-c2cccc(-c3cccc(Nc4nccc5c4c(=O)n(C)c(=O)n5C)c3Cl)c2Cl)cc2c1CCC2.O=C1CCC2(CNC2)N1. The van der Waals surface area contributed by atoms with Crippen molar-refractivity contribution in [2.75, 3.05) is 25.5 Å². The van der Waals surface area contributed by atoms with Crippen LogP contribution in [0.1, 0.15) is 30.4 Å². The zero-order valence-corrected chi connectivity index (χ0v) is 28.8. The molecular weight excluding hydrogens is 665 g/mol. The fourth-order valence-corrected chi connectivity index (χ4v) is 7.44. The molecule has 252 valence electrons. The number of amides is 1. The van der Waals surface area contributed by atoms with Crippen LogP contribution in [0.25, 0.3) is 33.3 Å². The summed E-state index contributed by atoms with van der Waals surface area (Å²) in [6.07, 6.45) is 6.31. The van der Waals surface area contributed by atoms with Crippen LogP contribution >= 0.6 is 23.2 Å². The van der Waals surface area contributed by atoms with Crippen LogP contribution in [-0.2, 0) is 31.7 Å². The van der Waals surface area contributed by atoms with Gasteiger partial charge in [-0.3, -0.25) is 18.7 Å². The van der Waals surface area contributed by atoms with Gasteiger partial charge in [0.25, 0.3) is 5.56 Å². The van der Waals surface area contributed by atoms with Crippen molar-refractivity contribution in [2.24, 2.45) is 14.1 Å². The van der Waals surface area contributed by atoms with E-state index in [-0.39, 0.29) is 16.8 Å². The highest BCUT2D eigenvalue weighted by atomic mass is 35.5. The van der Waals surface area contributed by atoms with Gasteiger partial charge in [-0.2, -0.15) is 0 Å². The molecule has 0 saturated carbocycles. The molecule has 5 aromatic rings. The molecule has 3 aliphatic rings. The molecule has 13 heteroatoms. The fourth-order valence-electron chi connectivity index (χ4n) is 6.84. The number of hydrogen-bond acceptors (Lipinski definition) is 8. The third-order valence-corrected chi connectivity index (χ3v) is 10.4. The molecule has 2 fully saturated rings. The Kier molecular flexibility index (Phi) is 8.68. The van der Waals surface area contributed by atoms with E-state index >= 15 is 0 Å². The molecule has 49 heavy (non-hydrogen) atoms. The second-order valence-electron chi connectivity index (χ2n) is 12.7. The summed E-state index contributed by atoms with van der Waals surface area (Å²) in [5.41, 5.74) is 5.67. The van der Waals surface area contributed by atoms with Gasteiger partial charge in [0.05, 0.1) is 39.6 Å². The molecule has 1 aliphatic carbocycles. The van der Waals surface area contributed by atoms with Gasteiger partial charge in [0.2, 0.25) is 11.8 Å². The number of carbonyl (C=O) groups excluding carboxylic acids is 1. The Morgan fingerprint density at radius 1 is 0.918 bits per heavy atom. The van der Waals surface area contributed by atoms with Crippen LogP contribution in [0.3, 0.4) is 0 Å². The number of halogens is 2. The quantitative estimate of drug-likeness (QED) is 0.230. The van der Waals surface area contributed by atoms with Crippen molar-refractivity contribution in [3.63, 3.8) is 0 Å². The maximum atomic E-state index is 13.0. The summed E-state index contributed by atoms with van der Waals surface area (Å²) in [5.74, 6) is 1.15. The molecule has 2 aromatic carbocycles. The van der Waals surface area contributed by atoms with Gasteiger partial charge in [0.1, 0.15) is 11.2 Å². The average molecular weight is 701 g/mol. The summed E-state index contributed by atoms with van der Waals surface area (Å²) in [5, 5.41) is 10.5. The van der Waals surface area contributed by atoms with Crippen molar-refractivity contribution in [3.05, 3.63) is 96.7 Å². The summed E-state index contributed by atoms with van der Waals surface area (Å²) in [6, 6.07) is 15.0. The lowest BCUT2D eigenvalue weighted by molar-refractivity contribution is -0.120. The number of rotatable bonds is 5. The largest absolute Gasteiger partial charge is 0.481 e. The molecule has 0 radical (unpaired) electrons. The van der Waals surface area contributed by atoms with Crippen LogP contribution in [0.5, 0.6) is 5.88 Å². The van der Waals surface area contributed by atoms with E-state index in [4.69, 9.17) is 32.9 Å². The normalized spacial score (nSPS) is 15.7. The Balaban J connectivity index is 0.000000361. The number of aryl methyl sites for hydroxylation is 2. The van der Waals surface area contributed by atoms with Crippen molar-refractivity contribution >= 4 is 51.5 Å². The molecule has 5 heterocycles. The number of benzene rings is 2. The Hall–Kier alpha value is -4.71. The second kappa shape index (κ2) is 13.0. The lowest BCUT2D eigenvalue weighted by Gasteiger charge is -2.38. The third kappa shape index (κ3) is 5.85. The van der Waals surface area contributed by atoms with E-state index in [9.17, 15) is 14.4 Å². The number of carbonyl (C=O) groups is 1. The van der Waals surface area contributed by atoms with Crippen LogP contribution in [0.15, 0.2) is 64.3 Å². The molecule has 2 saturated heterocycles. The Bertz CT molecular complexity index is 2260. The molecule has 11 nitrogen and oxygen atoms in total. The number of fused-ring (bicyclic) bond motifs is 2. The lowest BCUT2D eigenvalue weighted by atomic mass is 9.91. The van der Waals surface area contributed by atoms with Crippen molar-refractivity contribution in [1.29, 1.82) is 0 Å². The van der Waals surface area contributed by atoms with Crippen LogP contribution in [0.2, 0.25) is 10.0 Å². The number of hydrogen-bond donors (Lipinski definition) is 3. The number of anilines is 2. The highest BCUT2D eigenvalue weighted by Crippen LogP contribution is 2.43. The van der Waals surface area contributed by atoms with E-state index < -0.39 is 11.2 Å². The maximum Gasteiger partial charge on any atom is 0.330 e. The van der Waals surface area contributed by atoms with E-state index in [1.165, 1.54) is 17.2 Å². The van der Waals surface area contributed by atoms with Gasteiger partial charge in [-0.05, 0) is 49.4 Å². The number of nitrogens with one attached hydrogen (secondary N) is 3. The highest BCUT2D eigenvalue weighted by Gasteiger charge is 2.42. The van der Waals surface area contributed by atoms with Crippen LogP contribution in [-0.4, -0.2) is 50.7 Å². The van der Waals surface area contributed by atoms with Gasteiger partial charge < -0.3 is 20.7 Å². The number of nitrogens with zero attached hydrogens (tertiary/aromatic N) is 4. The van der Waals surface area contributed by atoms with Crippen molar-refractivity contribution in [3.8, 4) is 28.3 Å². The van der Waals surface area contributed by atoms with Crippen LogP contribution in [0, 0.1) is 0 Å². The van der Waals surface area contributed by atoms with Crippen molar-refractivity contribution in [1.82, 2.24) is 29.7 Å². The number of ether oxygens (including phenoxy) is 1. The first-order valence-corrected chi connectivity index (χ1v) is 16.8. The Morgan fingerprint density at radius 2 is 1.65 bits per heavy atom. The molecule has 3 N–H and O–H groups in total. The zero-order chi connectivity index (χ0) is 34.4. The standard InChI is InChI=1S/C30H25Cl2N5O3.C6H10N2O/c1-36-23-13-14-33-27(24(23)29(38)37(2)30(36)39)34-21-12-6-10-19(26(21)32)18-9-5-11-20(25(18)31)22-15-16-7-4-8-17(16)28(35-22)40-3;9-5-1-2-6(8-5)3-7-4-6/h5-6,9-15H,4,7-8H2,1-3H3,(H,33,34);7H,1-4H2,(H,8,9). The third-order valence-electron chi connectivity index (χ3n) is 9.61. The highest BCUT2D eigenvalue weighted by molar-refractivity contribution is 6.39. The monoisotopic (exact) mass is 699 g/mol. The molecule has 1 amide bonds. The molecule has 3 aromatic heterocycles. The molecule has 0 bridgehead atoms. The first kappa shape index (κ1) is 32.8. The predicted molar refractivity (Wildman–Crippen MR) is 192 cm³/mol. The van der Waals surface area contributed by atoms with Gasteiger partial charge in [0.15, 0.2) is 0 Å². The van der Waals surface area contributed by atoms with Gasteiger partial charge in [0, 0.05) is 62.1 Å². The number of pyridine rings is 2. The summed E-state index contributed by atoms with van der Waals surface area (Å²) in [4.78, 5) is 45.3. The summed E-state index contributed by atoms with van der Waals surface area (Å²) in [6.45, 7) is 1.94. The summed E-state index contributed by atoms with van der Waals surface area (Å²) in [7, 11) is 4.69. The molecule has 0 unspecified atom stereocenters. The van der Waals surface area contributed by atoms with Crippen LogP contribution in [0.4, 0.5) is 11.5 Å². The minimum atomic E-state index is -0.450. The van der Waals surface area contributed by atoms with Crippen LogP contribution < -0.4 is 31.9 Å².